The summed E-state index contributed by atoms with van der Waals surface area (Å²) in [5.41, 5.74) is 0.851. The molecule has 0 radical (unpaired) electrons. The zero-order chi connectivity index (χ0) is 8.10. The lowest BCUT2D eigenvalue weighted by atomic mass is 10.4. The van der Waals surface area contributed by atoms with Crippen LogP contribution in [0.4, 0.5) is 5.82 Å². The van der Waals surface area contributed by atoms with E-state index in [1.54, 1.807) is 18.3 Å². The monoisotopic (exact) mass is 147 g/mol. The third kappa shape index (κ3) is 2.29. The molecule has 0 unspecified atom stereocenters. The molecule has 0 aliphatic carbocycles. The third-order valence-corrected chi connectivity index (χ3v) is 1.15. The van der Waals surface area contributed by atoms with Gasteiger partial charge in [-0.15, -0.1) is 0 Å². The molecule has 1 heterocycles. The van der Waals surface area contributed by atoms with Crippen molar-refractivity contribution in [1.29, 1.82) is 0 Å². The fourth-order valence-electron chi connectivity index (χ4n) is 0.576. The van der Waals surface area contributed by atoms with Crippen LogP contribution < -0.4 is 0 Å². The van der Waals surface area contributed by atoms with Crippen LogP contribution in [0.15, 0.2) is 36.2 Å². The lowest BCUT2D eigenvalue weighted by Gasteiger charge is -1.90. The van der Waals surface area contributed by atoms with Gasteiger partial charge in [-0.05, 0) is 13.0 Å². The van der Waals surface area contributed by atoms with Crippen molar-refractivity contribution in [3.8, 4) is 0 Å². The number of hydrogen-bond acceptors (Lipinski definition) is 3. The van der Waals surface area contributed by atoms with E-state index in [-0.39, 0.29) is 0 Å². The van der Waals surface area contributed by atoms with Crippen molar-refractivity contribution in [2.75, 3.05) is 0 Å². The molecule has 0 amide bonds. The molecule has 0 spiro atoms. The Morgan fingerprint density at radius 2 is 2.55 bits per heavy atom. The van der Waals surface area contributed by atoms with Gasteiger partial charge in [0.25, 0.3) is 0 Å². The van der Waals surface area contributed by atoms with Crippen molar-refractivity contribution in [2.24, 2.45) is 4.99 Å². The minimum atomic E-state index is 0.664. The number of hydrogen-bond donors (Lipinski definition) is 0. The highest BCUT2D eigenvalue weighted by atomic mass is 14.9. The smallest absolute Gasteiger partial charge is 0.155 e. The van der Waals surface area contributed by atoms with Crippen LogP contribution in [0.25, 0.3) is 0 Å². The average molecular weight is 147 g/mol. The van der Waals surface area contributed by atoms with Crippen molar-refractivity contribution in [3.05, 3.63) is 31.2 Å². The van der Waals surface area contributed by atoms with Gasteiger partial charge >= 0.3 is 0 Å². The van der Waals surface area contributed by atoms with Gasteiger partial charge in [0, 0.05) is 18.0 Å². The molecule has 0 N–H and O–H groups in total. The largest absolute Gasteiger partial charge is 0.245 e. The van der Waals surface area contributed by atoms with Crippen molar-refractivity contribution in [3.63, 3.8) is 0 Å². The first kappa shape index (κ1) is 7.60. The Hall–Kier alpha value is -1.51. The molecule has 0 aromatic carbocycles. The molecule has 0 aliphatic heterocycles. The van der Waals surface area contributed by atoms with Crippen molar-refractivity contribution >= 4 is 11.5 Å². The number of rotatable bonds is 2. The van der Waals surface area contributed by atoms with Crippen LogP contribution in [0.2, 0.25) is 0 Å². The summed E-state index contributed by atoms with van der Waals surface area (Å²) < 4.78 is 0. The molecule has 1 aromatic rings. The van der Waals surface area contributed by atoms with Crippen molar-refractivity contribution in [1.82, 2.24) is 9.97 Å². The maximum absolute atomic E-state index is 4.12. The zero-order valence-electron chi connectivity index (χ0n) is 6.36. The van der Waals surface area contributed by atoms with Gasteiger partial charge < -0.3 is 0 Å². The van der Waals surface area contributed by atoms with E-state index in [1.165, 1.54) is 6.33 Å². The van der Waals surface area contributed by atoms with Gasteiger partial charge in [0.2, 0.25) is 0 Å². The maximum atomic E-state index is 4.12. The van der Waals surface area contributed by atoms with E-state index in [4.69, 9.17) is 0 Å². The molecule has 0 bridgehead atoms. The van der Waals surface area contributed by atoms with E-state index in [2.05, 4.69) is 21.5 Å². The molecule has 11 heavy (non-hydrogen) atoms. The normalized spacial score (nSPS) is 11.2. The summed E-state index contributed by atoms with van der Waals surface area (Å²) in [4.78, 5) is 11.8. The summed E-state index contributed by atoms with van der Waals surface area (Å²) in [5, 5.41) is 0. The van der Waals surface area contributed by atoms with Crippen LogP contribution in [0.1, 0.15) is 6.92 Å². The summed E-state index contributed by atoms with van der Waals surface area (Å²) in [5.74, 6) is 0.664. The van der Waals surface area contributed by atoms with Crippen LogP contribution in [0.3, 0.4) is 0 Å². The molecule has 1 aromatic heterocycles. The Kier molecular flexibility index (Phi) is 2.49. The van der Waals surface area contributed by atoms with Crippen LogP contribution in [-0.4, -0.2) is 15.7 Å². The number of aromatic nitrogens is 2. The molecule has 3 heteroatoms. The maximum Gasteiger partial charge on any atom is 0.155 e. The molecular weight excluding hydrogens is 138 g/mol. The Labute approximate surface area is 65.5 Å². The van der Waals surface area contributed by atoms with E-state index >= 15 is 0 Å². The highest BCUT2D eigenvalue weighted by molar-refractivity contribution is 5.93. The predicted molar refractivity (Wildman–Crippen MR) is 45.0 cm³/mol. The van der Waals surface area contributed by atoms with Gasteiger partial charge in [-0.25, -0.2) is 15.0 Å². The van der Waals surface area contributed by atoms with Crippen LogP contribution in [-0.2, 0) is 0 Å². The Bertz CT molecular complexity index is 264. The number of aliphatic imine (C=N–C) groups is 1. The van der Waals surface area contributed by atoms with Crippen LogP contribution in [0, 0.1) is 0 Å². The second kappa shape index (κ2) is 3.61. The van der Waals surface area contributed by atoms with Gasteiger partial charge in [0.1, 0.15) is 6.33 Å². The van der Waals surface area contributed by atoms with Gasteiger partial charge in [-0.3, -0.25) is 0 Å². The van der Waals surface area contributed by atoms with Gasteiger partial charge in [-0.2, -0.15) is 0 Å². The van der Waals surface area contributed by atoms with E-state index in [9.17, 15) is 0 Å². The topological polar surface area (TPSA) is 38.1 Å². The molecular formula is C8H9N3. The SMILES string of the molecule is C=CC(C)=Nc1ccncn1. The fraction of sp³-hybridized carbons (Fsp3) is 0.125. The van der Waals surface area contributed by atoms with Gasteiger partial charge in [-0.1, -0.05) is 6.58 Å². The molecule has 0 saturated carbocycles. The molecule has 0 fully saturated rings. The lowest BCUT2D eigenvalue weighted by molar-refractivity contribution is 1.15. The molecule has 0 atom stereocenters. The summed E-state index contributed by atoms with van der Waals surface area (Å²) in [6, 6.07) is 1.74. The first-order chi connectivity index (χ1) is 5.33. The van der Waals surface area contributed by atoms with E-state index < -0.39 is 0 Å². The fourth-order valence-corrected chi connectivity index (χ4v) is 0.576. The van der Waals surface area contributed by atoms with Crippen LogP contribution in [0.5, 0.6) is 0 Å². The molecule has 0 aliphatic rings. The highest BCUT2D eigenvalue weighted by Gasteiger charge is 1.86. The van der Waals surface area contributed by atoms with Crippen molar-refractivity contribution < 1.29 is 0 Å². The molecule has 0 saturated heterocycles. The minimum Gasteiger partial charge on any atom is -0.245 e. The Morgan fingerprint density at radius 3 is 3.09 bits per heavy atom. The summed E-state index contributed by atoms with van der Waals surface area (Å²) >= 11 is 0. The molecule has 1 rings (SSSR count). The Morgan fingerprint density at radius 1 is 1.73 bits per heavy atom. The van der Waals surface area contributed by atoms with E-state index in [0.29, 0.717) is 5.82 Å². The summed E-state index contributed by atoms with van der Waals surface area (Å²) in [6.45, 7) is 5.45. The van der Waals surface area contributed by atoms with Crippen molar-refractivity contribution in [2.45, 2.75) is 6.92 Å². The number of allylic oxidation sites excluding steroid dienone is 1. The zero-order valence-corrected chi connectivity index (χ0v) is 6.36. The summed E-state index contributed by atoms with van der Waals surface area (Å²) in [6.07, 6.45) is 4.81. The third-order valence-electron chi connectivity index (χ3n) is 1.15. The quantitative estimate of drug-likeness (QED) is 0.598. The van der Waals surface area contributed by atoms with Gasteiger partial charge in [0.05, 0.1) is 0 Å². The summed E-state index contributed by atoms with van der Waals surface area (Å²) in [7, 11) is 0. The molecule has 3 nitrogen and oxygen atoms in total. The standard InChI is InChI=1S/C8H9N3/c1-3-7(2)11-8-4-5-9-6-10-8/h3-6H,1H2,2H3. The van der Waals surface area contributed by atoms with E-state index in [1.807, 2.05) is 6.92 Å². The average Bonchev–Trinajstić information content (AvgIpc) is 2.06. The predicted octanol–water partition coefficient (Wildman–Crippen LogP) is 1.75. The van der Waals surface area contributed by atoms with E-state index in [0.717, 1.165) is 5.71 Å². The van der Waals surface area contributed by atoms with Gasteiger partial charge in [0.15, 0.2) is 5.82 Å². The second-order valence-corrected chi connectivity index (χ2v) is 2.02. The van der Waals surface area contributed by atoms with Crippen LogP contribution >= 0.6 is 0 Å². The molecule has 56 valence electrons. The minimum absolute atomic E-state index is 0.664. The first-order valence-electron chi connectivity index (χ1n) is 3.26. The highest BCUT2D eigenvalue weighted by Crippen LogP contribution is 2.03. The Balaban J connectivity index is 2.87. The second-order valence-electron chi connectivity index (χ2n) is 2.02. The number of nitrogens with zero attached hydrogens (tertiary/aromatic N) is 3. The lowest BCUT2D eigenvalue weighted by Crippen LogP contribution is -1.83. The first-order valence-corrected chi connectivity index (χ1v) is 3.26.